The van der Waals surface area contributed by atoms with E-state index in [2.05, 4.69) is 25.4 Å². The Balaban J connectivity index is 2.31. The Morgan fingerprint density at radius 1 is 1.40 bits per heavy atom. The first-order valence-corrected chi connectivity index (χ1v) is 6.30. The predicted octanol–water partition coefficient (Wildman–Crippen LogP) is -0.275. The largest absolute Gasteiger partial charge is 0.383 e. The van der Waals surface area contributed by atoms with E-state index in [4.69, 9.17) is 16.3 Å². The molecule has 2 aromatic heterocycles. The van der Waals surface area contributed by atoms with Gasteiger partial charge in [-0.2, -0.15) is 0 Å². The van der Waals surface area contributed by atoms with Crippen LogP contribution < -0.4 is 22.6 Å². The summed E-state index contributed by atoms with van der Waals surface area (Å²) in [6, 6.07) is 2.82. The summed E-state index contributed by atoms with van der Waals surface area (Å²) in [4.78, 5) is 26.3. The first-order valence-electron chi connectivity index (χ1n) is 5.49. The number of hydrazine groups is 1. The fraction of sp³-hybridized carbons (Fsp3) is 0.200. The lowest BCUT2D eigenvalue weighted by molar-refractivity contribution is 0.177. The van der Waals surface area contributed by atoms with E-state index in [1.54, 1.807) is 6.07 Å². The van der Waals surface area contributed by atoms with Gasteiger partial charge in [0.25, 0.3) is 5.56 Å². The van der Waals surface area contributed by atoms with Crippen LogP contribution in [0.25, 0.3) is 0 Å². The van der Waals surface area contributed by atoms with E-state index in [1.807, 2.05) is 0 Å². The van der Waals surface area contributed by atoms with E-state index in [-0.39, 0.29) is 18.0 Å². The number of aromatic amines is 1. The number of hydrogen-bond acceptors (Lipinski definition) is 9. The lowest BCUT2D eigenvalue weighted by atomic mass is 10.5. The standard InChI is InChI=1S/C10H13N7O2S/c1-19-4-7-14-6(17-12)3-9(15-7)20-10-13-5(11)2-8(18)16-10/h2-3H,4,12H2,1H3,(H,14,15,17)(H3,11,13,16,18). The van der Waals surface area contributed by atoms with Crippen LogP contribution in [0.4, 0.5) is 11.6 Å². The molecule has 0 amide bonds. The van der Waals surface area contributed by atoms with Gasteiger partial charge in [0.2, 0.25) is 0 Å². The topological polar surface area (TPSA) is 145 Å². The van der Waals surface area contributed by atoms with Crippen LogP contribution in [0, 0.1) is 0 Å². The Kier molecular flexibility index (Phi) is 4.50. The zero-order valence-corrected chi connectivity index (χ0v) is 11.4. The average Bonchev–Trinajstić information content (AvgIpc) is 2.37. The highest BCUT2D eigenvalue weighted by Crippen LogP contribution is 2.24. The summed E-state index contributed by atoms with van der Waals surface area (Å²) in [5.74, 6) is 6.37. The van der Waals surface area contributed by atoms with Gasteiger partial charge in [-0.15, -0.1) is 0 Å². The second kappa shape index (κ2) is 6.32. The van der Waals surface area contributed by atoms with Gasteiger partial charge in [0.15, 0.2) is 11.0 Å². The molecule has 20 heavy (non-hydrogen) atoms. The summed E-state index contributed by atoms with van der Waals surface area (Å²) in [6.45, 7) is 0.240. The third-order valence-electron chi connectivity index (χ3n) is 2.11. The molecule has 2 aromatic rings. The van der Waals surface area contributed by atoms with Crippen LogP contribution >= 0.6 is 11.8 Å². The van der Waals surface area contributed by atoms with Crippen molar-refractivity contribution in [1.82, 2.24) is 19.9 Å². The van der Waals surface area contributed by atoms with Crippen molar-refractivity contribution in [1.29, 1.82) is 0 Å². The van der Waals surface area contributed by atoms with Gasteiger partial charge < -0.3 is 20.9 Å². The second-order valence-electron chi connectivity index (χ2n) is 3.66. The van der Waals surface area contributed by atoms with Crippen molar-refractivity contribution >= 4 is 23.4 Å². The predicted molar refractivity (Wildman–Crippen MR) is 73.9 cm³/mol. The van der Waals surface area contributed by atoms with Crippen LogP contribution in [0.2, 0.25) is 0 Å². The molecule has 0 aliphatic heterocycles. The molecule has 2 rings (SSSR count). The Hall–Kier alpha value is -2.17. The number of nitrogen functional groups attached to an aromatic ring is 2. The van der Waals surface area contributed by atoms with Crippen LogP contribution in [0.5, 0.6) is 0 Å². The monoisotopic (exact) mass is 295 g/mol. The van der Waals surface area contributed by atoms with Gasteiger partial charge in [0.05, 0.1) is 0 Å². The molecule has 0 bridgehead atoms. The number of hydrogen-bond donors (Lipinski definition) is 4. The second-order valence-corrected chi connectivity index (χ2v) is 4.67. The van der Waals surface area contributed by atoms with Crippen molar-refractivity contribution in [3.05, 3.63) is 28.3 Å². The van der Waals surface area contributed by atoms with Gasteiger partial charge >= 0.3 is 0 Å². The minimum Gasteiger partial charge on any atom is -0.383 e. The number of ether oxygens (including phenoxy) is 1. The number of methoxy groups -OCH3 is 1. The highest BCUT2D eigenvalue weighted by Gasteiger charge is 2.08. The Labute approximate surface area is 118 Å². The average molecular weight is 295 g/mol. The van der Waals surface area contributed by atoms with Crippen molar-refractivity contribution < 1.29 is 4.74 Å². The molecule has 0 aliphatic rings. The zero-order chi connectivity index (χ0) is 14.5. The molecule has 9 nitrogen and oxygen atoms in total. The number of nitrogens with one attached hydrogen (secondary N) is 2. The maximum Gasteiger partial charge on any atom is 0.253 e. The summed E-state index contributed by atoms with van der Waals surface area (Å²) in [7, 11) is 1.54. The van der Waals surface area contributed by atoms with E-state index in [0.29, 0.717) is 21.8 Å². The van der Waals surface area contributed by atoms with Crippen molar-refractivity contribution in [3.63, 3.8) is 0 Å². The summed E-state index contributed by atoms with van der Waals surface area (Å²) < 4.78 is 4.97. The Bertz CT molecular complexity index is 660. The molecule has 0 fully saturated rings. The van der Waals surface area contributed by atoms with Gasteiger partial charge in [0, 0.05) is 19.2 Å². The highest BCUT2D eigenvalue weighted by molar-refractivity contribution is 7.99. The Morgan fingerprint density at radius 3 is 2.85 bits per heavy atom. The van der Waals surface area contributed by atoms with Crippen LogP contribution in [0.15, 0.2) is 27.1 Å². The first kappa shape index (κ1) is 14.2. The van der Waals surface area contributed by atoms with Crippen LogP contribution in [-0.4, -0.2) is 27.0 Å². The van der Waals surface area contributed by atoms with Gasteiger partial charge in [-0.25, -0.2) is 20.8 Å². The van der Waals surface area contributed by atoms with Crippen molar-refractivity contribution in [2.45, 2.75) is 16.8 Å². The third-order valence-corrected chi connectivity index (χ3v) is 2.92. The van der Waals surface area contributed by atoms with Gasteiger partial charge in [0.1, 0.15) is 23.3 Å². The number of H-pyrrole nitrogens is 1. The van der Waals surface area contributed by atoms with E-state index in [9.17, 15) is 4.79 Å². The van der Waals surface area contributed by atoms with Crippen LogP contribution in [0.1, 0.15) is 5.82 Å². The molecule has 0 aromatic carbocycles. The SMILES string of the molecule is COCc1nc(NN)cc(Sc2nc(N)cc(=O)[nH]2)n1. The van der Waals surface area contributed by atoms with Gasteiger partial charge in [-0.1, -0.05) is 0 Å². The van der Waals surface area contributed by atoms with E-state index in [0.717, 1.165) is 11.8 Å². The number of nitrogens with two attached hydrogens (primary N) is 2. The lowest BCUT2D eigenvalue weighted by Gasteiger charge is -2.06. The summed E-state index contributed by atoms with van der Waals surface area (Å²) >= 11 is 1.14. The normalized spacial score (nSPS) is 10.5. The Morgan fingerprint density at radius 2 is 2.20 bits per heavy atom. The van der Waals surface area contributed by atoms with Crippen molar-refractivity contribution in [2.24, 2.45) is 5.84 Å². The summed E-state index contributed by atoms with van der Waals surface area (Å²) in [6.07, 6.45) is 0. The third kappa shape index (κ3) is 3.66. The first-order chi connectivity index (χ1) is 9.60. The van der Waals surface area contributed by atoms with E-state index >= 15 is 0 Å². The molecule has 0 unspecified atom stereocenters. The number of anilines is 2. The van der Waals surface area contributed by atoms with Gasteiger partial charge in [-0.05, 0) is 11.8 Å². The fourth-order valence-electron chi connectivity index (χ4n) is 1.39. The molecule has 2 heterocycles. The van der Waals surface area contributed by atoms with E-state index < -0.39 is 0 Å². The van der Waals surface area contributed by atoms with Crippen LogP contribution in [0.3, 0.4) is 0 Å². The number of aromatic nitrogens is 4. The maximum atomic E-state index is 11.3. The summed E-state index contributed by atoms with van der Waals surface area (Å²) in [5.41, 5.74) is 7.62. The molecule has 0 aliphatic carbocycles. The summed E-state index contributed by atoms with van der Waals surface area (Å²) in [5, 5.41) is 0.883. The van der Waals surface area contributed by atoms with Crippen molar-refractivity contribution in [2.75, 3.05) is 18.3 Å². The molecule has 0 saturated carbocycles. The molecular weight excluding hydrogens is 282 g/mol. The van der Waals surface area contributed by atoms with Crippen molar-refractivity contribution in [3.8, 4) is 0 Å². The minimum absolute atomic E-state index is 0.139. The number of nitrogens with zero attached hydrogens (tertiary/aromatic N) is 3. The maximum absolute atomic E-state index is 11.3. The molecule has 0 atom stereocenters. The minimum atomic E-state index is -0.330. The van der Waals surface area contributed by atoms with E-state index in [1.165, 1.54) is 13.2 Å². The molecule has 0 spiro atoms. The quantitative estimate of drug-likeness (QED) is 0.253. The molecule has 10 heteroatoms. The molecule has 106 valence electrons. The zero-order valence-electron chi connectivity index (χ0n) is 10.6. The molecule has 0 radical (unpaired) electrons. The number of rotatable bonds is 5. The highest BCUT2D eigenvalue weighted by atomic mass is 32.2. The molecule has 0 saturated heterocycles. The lowest BCUT2D eigenvalue weighted by Crippen LogP contribution is -2.12. The fourth-order valence-corrected chi connectivity index (χ4v) is 2.22. The van der Waals surface area contributed by atoms with Crippen LogP contribution in [-0.2, 0) is 11.3 Å². The van der Waals surface area contributed by atoms with Gasteiger partial charge in [-0.3, -0.25) is 4.79 Å². The molecule has 6 N–H and O–H groups in total. The smallest absolute Gasteiger partial charge is 0.253 e. The molecular formula is C10H13N7O2S.